The molecule has 0 spiro atoms. The Morgan fingerprint density at radius 2 is 1.31 bits per heavy atom. The van der Waals surface area contributed by atoms with Crippen molar-refractivity contribution in [3.63, 3.8) is 0 Å². The van der Waals surface area contributed by atoms with Crippen molar-refractivity contribution in [1.82, 2.24) is 14.5 Å². The molecule has 2 aromatic carbocycles. The maximum absolute atomic E-state index is 4.70. The highest BCUT2D eigenvalue weighted by Gasteiger charge is 2.20. The first-order valence-electron chi connectivity index (χ1n) is 10.2. The topological polar surface area (TPSA) is 30.7 Å². The third-order valence-corrected chi connectivity index (χ3v) is 5.34. The number of pyridine rings is 1. The third-order valence-electron chi connectivity index (χ3n) is 5.34. The van der Waals surface area contributed by atoms with E-state index in [1.165, 1.54) is 27.9 Å². The number of rotatable bonds is 5. The first kappa shape index (κ1) is 19.1. The maximum Gasteiger partial charge on any atom is 0.144 e. The standard InChI is InChI=1S/C26H27N3/c1-18(2)23-16-22(20-10-12-27-13-11-20)17-24(19(3)4)25(23)29-15-14-28-26(29)21-8-6-5-7-9-21/h5-19H,1-4H3. The van der Waals surface area contributed by atoms with Crippen LogP contribution in [-0.2, 0) is 0 Å². The molecular weight excluding hydrogens is 354 g/mol. The van der Waals surface area contributed by atoms with Crippen LogP contribution in [0.1, 0.15) is 50.7 Å². The molecule has 0 amide bonds. The van der Waals surface area contributed by atoms with Crippen LogP contribution < -0.4 is 0 Å². The van der Waals surface area contributed by atoms with Crippen LogP contribution in [0.3, 0.4) is 0 Å². The molecule has 2 aromatic heterocycles. The average Bonchev–Trinajstić information content (AvgIpc) is 3.23. The first-order valence-corrected chi connectivity index (χ1v) is 10.2. The SMILES string of the molecule is CC(C)c1cc(-c2ccncc2)cc(C(C)C)c1-n1ccnc1-c1ccccc1. The highest BCUT2D eigenvalue weighted by atomic mass is 15.1. The molecule has 4 rings (SSSR count). The summed E-state index contributed by atoms with van der Waals surface area (Å²) in [7, 11) is 0. The third kappa shape index (κ3) is 3.73. The van der Waals surface area contributed by atoms with Crippen LogP contribution in [0.5, 0.6) is 0 Å². The van der Waals surface area contributed by atoms with E-state index in [4.69, 9.17) is 4.98 Å². The second kappa shape index (κ2) is 8.04. The van der Waals surface area contributed by atoms with Crippen molar-refractivity contribution < 1.29 is 0 Å². The molecule has 2 heterocycles. The lowest BCUT2D eigenvalue weighted by Gasteiger charge is -2.23. The van der Waals surface area contributed by atoms with Gasteiger partial charge in [0, 0.05) is 30.4 Å². The zero-order chi connectivity index (χ0) is 20.4. The van der Waals surface area contributed by atoms with Crippen molar-refractivity contribution in [1.29, 1.82) is 0 Å². The molecular formula is C26H27N3. The minimum Gasteiger partial charge on any atom is -0.299 e. The van der Waals surface area contributed by atoms with Crippen molar-refractivity contribution in [3.8, 4) is 28.2 Å². The largest absolute Gasteiger partial charge is 0.299 e. The van der Waals surface area contributed by atoms with Gasteiger partial charge in [-0.05, 0) is 58.4 Å². The molecule has 0 aliphatic rings. The van der Waals surface area contributed by atoms with Gasteiger partial charge in [-0.2, -0.15) is 0 Å². The van der Waals surface area contributed by atoms with Gasteiger partial charge >= 0.3 is 0 Å². The molecule has 0 bridgehead atoms. The van der Waals surface area contributed by atoms with Gasteiger partial charge < -0.3 is 0 Å². The van der Waals surface area contributed by atoms with Gasteiger partial charge in [-0.15, -0.1) is 0 Å². The molecule has 4 aromatic rings. The minimum absolute atomic E-state index is 0.385. The number of hydrogen-bond donors (Lipinski definition) is 0. The van der Waals surface area contributed by atoms with Crippen LogP contribution in [0.4, 0.5) is 0 Å². The Morgan fingerprint density at radius 1 is 0.690 bits per heavy atom. The second-order valence-corrected chi connectivity index (χ2v) is 8.04. The van der Waals surface area contributed by atoms with Gasteiger partial charge in [-0.1, -0.05) is 58.0 Å². The van der Waals surface area contributed by atoms with Crippen LogP contribution in [-0.4, -0.2) is 14.5 Å². The van der Waals surface area contributed by atoms with E-state index in [-0.39, 0.29) is 0 Å². The zero-order valence-corrected chi connectivity index (χ0v) is 17.5. The summed E-state index contributed by atoms with van der Waals surface area (Å²) < 4.78 is 2.26. The molecule has 0 radical (unpaired) electrons. The Bertz CT molecular complexity index is 1060. The van der Waals surface area contributed by atoms with Gasteiger partial charge in [-0.3, -0.25) is 9.55 Å². The number of aromatic nitrogens is 3. The summed E-state index contributed by atoms with van der Waals surface area (Å²) in [6.07, 6.45) is 7.70. The molecule has 29 heavy (non-hydrogen) atoms. The van der Waals surface area contributed by atoms with Crippen molar-refractivity contribution in [2.45, 2.75) is 39.5 Å². The summed E-state index contributed by atoms with van der Waals surface area (Å²) in [5.41, 5.74) is 7.48. The van der Waals surface area contributed by atoms with Crippen LogP contribution in [0.2, 0.25) is 0 Å². The van der Waals surface area contributed by atoms with Gasteiger partial charge in [0.15, 0.2) is 0 Å². The fraction of sp³-hybridized carbons (Fsp3) is 0.231. The van der Waals surface area contributed by atoms with Crippen molar-refractivity contribution in [3.05, 3.63) is 90.5 Å². The summed E-state index contributed by atoms with van der Waals surface area (Å²) in [4.78, 5) is 8.88. The lowest BCUT2D eigenvalue weighted by atomic mass is 9.88. The highest BCUT2D eigenvalue weighted by molar-refractivity contribution is 5.71. The molecule has 3 heteroatoms. The lowest BCUT2D eigenvalue weighted by molar-refractivity contribution is 0.807. The van der Waals surface area contributed by atoms with E-state index in [9.17, 15) is 0 Å². The molecule has 0 saturated carbocycles. The van der Waals surface area contributed by atoms with Crippen LogP contribution >= 0.6 is 0 Å². The summed E-state index contributed by atoms with van der Waals surface area (Å²) >= 11 is 0. The van der Waals surface area contributed by atoms with Crippen molar-refractivity contribution in [2.75, 3.05) is 0 Å². The summed E-state index contributed by atoms with van der Waals surface area (Å²) in [5, 5.41) is 0. The number of hydrogen-bond acceptors (Lipinski definition) is 2. The van der Waals surface area contributed by atoms with E-state index in [0.29, 0.717) is 11.8 Å². The average molecular weight is 382 g/mol. The van der Waals surface area contributed by atoms with Gasteiger partial charge in [0.2, 0.25) is 0 Å². The zero-order valence-electron chi connectivity index (χ0n) is 17.5. The maximum atomic E-state index is 4.70. The monoisotopic (exact) mass is 381 g/mol. The Kier molecular flexibility index (Phi) is 5.30. The Morgan fingerprint density at radius 3 is 1.90 bits per heavy atom. The second-order valence-electron chi connectivity index (χ2n) is 8.04. The Labute approximate surface area is 173 Å². The van der Waals surface area contributed by atoms with Gasteiger partial charge in [0.1, 0.15) is 5.82 Å². The fourth-order valence-electron chi connectivity index (χ4n) is 3.83. The molecule has 0 aliphatic carbocycles. The first-order chi connectivity index (χ1) is 14.1. The molecule has 0 fully saturated rings. The van der Waals surface area contributed by atoms with E-state index in [1.807, 2.05) is 24.7 Å². The van der Waals surface area contributed by atoms with Crippen LogP contribution in [0, 0.1) is 0 Å². The fourth-order valence-corrected chi connectivity index (χ4v) is 3.83. The quantitative estimate of drug-likeness (QED) is 0.378. The molecule has 0 atom stereocenters. The van der Waals surface area contributed by atoms with E-state index < -0.39 is 0 Å². The van der Waals surface area contributed by atoms with Gasteiger partial charge in [-0.25, -0.2) is 4.98 Å². The Balaban J connectivity index is 1.98. The van der Waals surface area contributed by atoms with E-state index in [2.05, 4.69) is 92.0 Å². The molecule has 0 saturated heterocycles. The highest BCUT2D eigenvalue weighted by Crippen LogP contribution is 2.37. The number of benzene rings is 2. The molecule has 146 valence electrons. The molecule has 0 aliphatic heterocycles. The number of nitrogens with zero attached hydrogens (tertiary/aromatic N) is 3. The smallest absolute Gasteiger partial charge is 0.144 e. The summed E-state index contributed by atoms with van der Waals surface area (Å²) in [5.74, 6) is 1.75. The normalized spacial score (nSPS) is 11.4. The van der Waals surface area contributed by atoms with Crippen LogP contribution in [0.25, 0.3) is 28.2 Å². The van der Waals surface area contributed by atoms with Crippen molar-refractivity contribution in [2.24, 2.45) is 0 Å². The van der Waals surface area contributed by atoms with Gasteiger partial charge in [0.05, 0.1) is 5.69 Å². The molecule has 0 unspecified atom stereocenters. The minimum atomic E-state index is 0.385. The summed E-state index contributed by atoms with van der Waals surface area (Å²) in [6, 6.07) is 19.2. The van der Waals surface area contributed by atoms with E-state index >= 15 is 0 Å². The predicted molar refractivity (Wildman–Crippen MR) is 120 cm³/mol. The van der Waals surface area contributed by atoms with Crippen molar-refractivity contribution >= 4 is 0 Å². The van der Waals surface area contributed by atoms with E-state index in [0.717, 1.165) is 11.4 Å². The number of imidazole rings is 1. The summed E-state index contributed by atoms with van der Waals surface area (Å²) in [6.45, 7) is 9.05. The van der Waals surface area contributed by atoms with E-state index in [1.54, 1.807) is 0 Å². The lowest BCUT2D eigenvalue weighted by Crippen LogP contribution is -2.08. The predicted octanol–water partition coefficient (Wildman–Crippen LogP) is 6.85. The Hall–Kier alpha value is -3.20. The van der Waals surface area contributed by atoms with Gasteiger partial charge in [0.25, 0.3) is 0 Å². The van der Waals surface area contributed by atoms with Crippen LogP contribution in [0.15, 0.2) is 79.4 Å². The molecule has 0 N–H and O–H groups in total. The molecule has 3 nitrogen and oxygen atoms in total.